The number of carbonyl (C=O) groups excluding carboxylic acids is 1. The maximum absolute atomic E-state index is 11.3. The van der Waals surface area contributed by atoms with Gasteiger partial charge in [-0.2, -0.15) is 0 Å². The van der Waals surface area contributed by atoms with Crippen LogP contribution in [-0.2, 0) is 4.79 Å². The number of rotatable bonds is 5. The monoisotopic (exact) mass is 392 g/mol. The van der Waals surface area contributed by atoms with Gasteiger partial charge in [-0.25, -0.2) is 0 Å². The van der Waals surface area contributed by atoms with Gasteiger partial charge in [-0.05, 0) is 44.6 Å². The Hall–Kier alpha value is 0.160. The molecule has 0 unspecified atom stereocenters. The van der Waals surface area contributed by atoms with Crippen molar-refractivity contribution >= 4 is 28.5 Å². The van der Waals surface area contributed by atoms with Crippen LogP contribution in [0.25, 0.3) is 0 Å². The van der Waals surface area contributed by atoms with E-state index in [4.69, 9.17) is 0 Å². The van der Waals surface area contributed by atoms with Crippen LogP contribution in [-0.4, -0.2) is 52.4 Å². The largest absolute Gasteiger partial charge is 0.340 e. The predicted molar refractivity (Wildman–Crippen MR) is 92.3 cm³/mol. The van der Waals surface area contributed by atoms with E-state index >= 15 is 0 Å². The third kappa shape index (κ3) is 5.51. The first-order chi connectivity index (χ1) is 9.65. The van der Waals surface area contributed by atoms with Crippen LogP contribution >= 0.6 is 22.6 Å². The molecular formula is C16H29IN2O. The molecule has 2 rings (SSSR count). The summed E-state index contributed by atoms with van der Waals surface area (Å²) in [6.07, 6.45) is 9.98. The SMILES string of the molecule is CC(=O)N1CCN(CCCCC2CCC(I)CC2)CC1. The van der Waals surface area contributed by atoms with E-state index in [1.165, 1.54) is 51.5 Å². The zero-order valence-corrected chi connectivity index (χ0v) is 15.0. The molecule has 1 aliphatic carbocycles. The normalized spacial score (nSPS) is 28.6. The summed E-state index contributed by atoms with van der Waals surface area (Å²) in [6.45, 7) is 6.90. The van der Waals surface area contributed by atoms with Crippen LogP contribution in [0.15, 0.2) is 0 Å². The predicted octanol–water partition coefficient (Wildman–Crippen LogP) is 3.31. The molecule has 3 nitrogen and oxygen atoms in total. The second-order valence-corrected chi connectivity index (χ2v) is 8.22. The molecule has 20 heavy (non-hydrogen) atoms. The number of amides is 1. The summed E-state index contributed by atoms with van der Waals surface area (Å²) in [5.41, 5.74) is 0. The first-order valence-electron chi connectivity index (χ1n) is 8.27. The average molecular weight is 392 g/mol. The van der Waals surface area contributed by atoms with E-state index in [1.54, 1.807) is 6.92 Å². The van der Waals surface area contributed by atoms with Gasteiger partial charge in [0.25, 0.3) is 0 Å². The Morgan fingerprint density at radius 3 is 2.30 bits per heavy atom. The van der Waals surface area contributed by atoms with Gasteiger partial charge in [0.05, 0.1) is 0 Å². The molecule has 116 valence electrons. The number of piperazine rings is 1. The molecule has 0 aromatic carbocycles. The van der Waals surface area contributed by atoms with E-state index in [2.05, 4.69) is 27.5 Å². The second kappa shape index (κ2) is 8.57. The van der Waals surface area contributed by atoms with Gasteiger partial charge in [-0.3, -0.25) is 9.69 Å². The molecule has 0 atom stereocenters. The molecule has 2 aliphatic rings. The van der Waals surface area contributed by atoms with Crippen molar-refractivity contribution in [3.05, 3.63) is 0 Å². The van der Waals surface area contributed by atoms with Crippen molar-refractivity contribution in [2.75, 3.05) is 32.7 Å². The van der Waals surface area contributed by atoms with Crippen molar-refractivity contribution < 1.29 is 4.79 Å². The Labute approximate surface area is 137 Å². The lowest BCUT2D eigenvalue weighted by molar-refractivity contribution is -0.130. The minimum absolute atomic E-state index is 0.232. The number of alkyl halides is 1. The number of hydrogen-bond donors (Lipinski definition) is 0. The highest BCUT2D eigenvalue weighted by atomic mass is 127. The first-order valence-corrected chi connectivity index (χ1v) is 9.51. The number of nitrogens with zero attached hydrogens (tertiary/aromatic N) is 2. The van der Waals surface area contributed by atoms with Crippen LogP contribution in [0.3, 0.4) is 0 Å². The van der Waals surface area contributed by atoms with E-state index in [0.29, 0.717) is 0 Å². The molecule has 1 aliphatic heterocycles. The summed E-state index contributed by atoms with van der Waals surface area (Å²) in [7, 11) is 0. The Morgan fingerprint density at radius 2 is 1.70 bits per heavy atom. The third-order valence-corrected chi connectivity index (χ3v) is 6.18. The topological polar surface area (TPSA) is 23.6 Å². The molecule has 0 radical (unpaired) electrons. The first kappa shape index (κ1) is 16.5. The van der Waals surface area contributed by atoms with Crippen molar-refractivity contribution in [3.8, 4) is 0 Å². The maximum Gasteiger partial charge on any atom is 0.219 e. The van der Waals surface area contributed by atoms with Crippen molar-refractivity contribution in [1.29, 1.82) is 0 Å². The van der Waals surface area contributed by atoms with Gasteiger partial charge in [0, 0.05) is 37.0 Å². The second-order valence-electron chi connectivity index (χ2n) is 6.46. The van der Waals surface area contributed by atoms with Gasteiger partial charge in [0.15, 0.2) is 0 Å². The van der Waals surface area contributed by atoms with Gasteiger partial charge < -0.3 is 4.90 Å². The Balaban J connectivity index is 1.50. The number of carbonyl (C=O) groups is 1. The van der Waals surface area contributed by atoms with Crippen LogP contribution in [0, 0.1) is 5.92 Å². The molecule has 1 saturated carbocycles. The number of halogens is 1. The molecule has 0 aromatic rings. The van der Waals surface area contributed by atoms with Crippen LogP contribution < -0.4 is 0 Å². The highest BCUT2D eigenvalue weighted by molar-refractivity contribution is 14.1. The van der Waals surface area contributed by atoms with Gasteiger partial charge in [-0.15, -0.1) is 0 Å². The van der Waals surface area contributed by atoms with E-state index in [-0.39, 0.29) is 5.91 Å². The molecule has 0 N–H and O–H groups in total. The zero-order chi connectivity index (χ0) is 14.4. The molecule has 1 saturated heterocycles. The summed E-state index contributed by atoms with van der Waals surface area (Å²) in [4.78, 5) is 15.8. The molecular weight excluding hydrogens is 363 g/mol. The summed E-state index contributed by atoms with van der Waals surface area (Å²) >= 11 is 2.61. The van der Waals surface area contributed by atoms with Crippen molar-refractivity contribution in [2.24, 2.45) is 5.92 Å². The molecule has 0 aromatic heterocycles. The molecule has 1 amide bonds. The third-order valence-electron chi connectivity index (χ3n) is 4.93. The number of unbranched alkanes of at least 4 members (excludes halogenated alkanes) is 1. The van der Waals surface area contributed by atoms with E-state index in [9.17, 15) is 4.79 Å². The fourth-order valence-electron chi connectivity index (χ4n) is 3.47. The summed E-state index contributed by atoms with van der Waals surface area (Å²) < 4.78 is 0.946. The molecule has 2 fully saturated rings. The quantitative estimate of drug-likeness (QED) is 0.407. The van der Waals surface area contributed by atoms with Crippen LogP contribution in [0.4, 0.5) is 0 Å². The van der Waals surface area contributed by atoms with Crippen LogP contribution in [0.1, 0.15) is 51.9 Å². The standard InChI is InChI=1S/C16H29IN2O/c1-14(20)19-12-10-18(11-13-19)9-3-2-4-15-5-7-16(17)8-6-15/h15-16H,2-13H2,1H3. The smallest absolute Gasteiger partial charge is 0.219 e. The van der Waals surface area contributed by atoms with Gasteiger partial charge in [0.2, 0.25) is 5.91 Å². The lowest BCUT2D eigenvalue weighted by Gasteiger charge is -2.34. The molecule has 0 spiro atoms. The fourth-order valence-corrected chi connectivity index (χ4v) is 4.18. The molecule has 0 bridgehead atoms. The highest BCUT2D eigenvalue weighted by Crippen LogP contribution is 2.31. The average Bonchev–Trinajstić information content (AvgIpc) is 2.46. The van der Waals surface area contributed by atoms with Gasteiger partial charge >= 0.3 is 0 Å². The van der Waals surface area contributed by atoms with Gasteiger partial charge in [-0.1, -0.05) is 35.4 Å². The Kier molecular flexibility index (Phi) is 7.08. The Bertz CT molecular complexity index is 295. The zero-order valence-electron chi connectivity index (χ0n) is 12.8. The fraction of sp³-hybridized carbons (Fsp3) is 0.938. The van der Waals surface area contributed by atoms with Crippen molar-refractivity contribution in [3.63, 3.8) is 0 Å². The minimum atomic E-state index is 0.232. The summed E-state index contributed by atoms with van der Waals surface area (Å²) in [5.74, 6) is 1.24. The van der Waals surface area contributed by atoms with E-state index < -0.39 is 0 Å². The lowest BCUT2D eigenvalue weighted by Crippen LogP contribution is -2.48. The molecule has 4 heteroatoms. The van der Waals surface area contributed by atoms with Crippen molar-refractivity contribution in [1.82, 2.24) is 9.80 Å². The summed E-state index contributed by atoms with van der Waals surface area (Å²) in [5, 5.41) is 0. The molecule has 1 heterocycles. The Morgan fingerprint density at radius 1 is 1.05 bits per heavy atom. The summed E-state index contributed by atoms with van der Waals surface area (Å²) in [6, 6.07) is 0. The maximum atomic E-state index is 11.3. The van der Waals surface area contributed by atoms with Crippen LogP contribution in [0.5, 0.6) is 0 Å². The van der Waals surface area contributed by atoms with E-state index in [1.807, 2.05) is 4.90 Å². The highest BCUT2D eigenvalue weighted by Gasteiger charge is 2.20. The van der Waals surface area contributed by atoms with Crippen LogP contribution in [0.2, 0.25) is 0 Å². The van der Waals surface area contributed by atoms with Crippen molar-refractivity contribution in [2.45, 2.75) is 55.8 Å². The van der Waals surface area contributed by atoms with E-state index in [0.717, 1.165) is 36.0 Å². The van der Waals surface area contributed by atoms with Gasteiger partial charge in [0.1, 0.15) is 0 Å². The number of hydrogen-bond acceptors (Lipinski definition) is 2. The lowest BCUT2D eigenvalue weighted by atomic mass is 9.86. The minimum Gasteiger partial charge on any atom is -0.340 e.